The van der Waals surface area contributed by atoms with Gasteiger partial charge >= 0.3 is 0 Å². The lowest BCUT2D eigenvalue weighted by Gasteiger charge is -2.44. The molecule has 0 aliphatic heterocycles. The number of hydrogen-bond acceptors (Lipinski definition) is 4. The van der Waals surface area contributed by atoms with Gasteiger partial charge in [0.25, 0.3) is 0 Å². The highest BCUT2D eigenvalue weighted by Gasteiger charge is 2.46. The molecule has 0 N–H and O–H groups in total. The van der Waals surface area contributed by atoms with E-state index in [-0.39, 0.29) is 6.10 Å². The van der Waals surface area contributed by atoms with Gasteiger partial charge in [-0.1, -0.05) is 53.7 Å². The van der Waals surface area contributed by atoms with Gasteiger partial charge in [-0.25, -0.2) is 0 Å². The van der Waals surface area contributed by atoms with Crippen molar-refractivity contribution in [2.45, 2.75) is 90.1 Å². The van der Waals surface area contributed by atoms with Crippen molar-refractivity contribution >= 4 is 14.6 Å². The van der Waals surface area contributed by atoms with Gasteiger partial charge in [0, 0.05) is 13.0 Å². The summed E-state index contributed by atoms with van der Waals surface area (Å²) in [6.45, 7) is 14.9. The van der Waals surface area contributed by atoms with Crippen LogP contribution in [0.15, 0.2) is 24.3 Å². The highest BCUT2D eigenvalue weighted by atomic mass is 28.4. The van der Waals surface area contributed by atoms with E-state index in [0.717, 1.165) is 30.4 Å². The van der Waals surface area contributed by atoms with Crippen molar-refractivity contribution in [2.24, 2.45) is 0 Å². The molecule has 0 bridgehead atoms. The van der Waals surface area contributed by atoms with E-state index in [9.17, 15) is 4.79 Å². The Hall–Kier alpha value is -1.17. The first-order chi connectivity index (χ1) is 13.3. The highest BCUT2D eigenvalue weighted by Crippen LogP contribution is 2.43. The molecule has 4 nitrogen and oxygen atoms in total. The van der Waals surface area contributed by atoms with Crippen LogP contribution in [0, 0.1) is 0 Å². The maximum Gasteiger partial charge on any atom is 0.200 e. The van der Waals surface area contributed by atoms with Crippen LogP contribution >= 0.6 is 0 Å². The van der Waals surface area contributed by atoms with E-state index in [1.165, 1.54) is 0 Å². The number of ether oxygens (including phenoxy) is 2. The van der Waals surface area contributed by atoms with Crippen LogP contribution in [0.1, 0.15) is 66.4 Å². The van der Waals surface area contributed by atoms with Crippen molar-refractivity contribution in [1.82, 2.24) is 0 Å². The predicted molar refractivity (Wildman–Crippen MR) is 118 cm³/mol. The maximum absolute atomic E-state index is 11.2. The van der Waals surface area contributed by atoms with E-state index in [2.05, 4.69) is 41.5 Å². The zero-order valence-electron chi connectivity index (χ0n) is 18.9. The van der Waals surface area contributed by atoms with Gasteiger partial charge in [0.05, 0.1) is 19.8 Å². The lowest BCUT2D eigenvalue weighted by Crippen LogP contribution is -2.50. The molecule has 0 saturated carbocycles. The van der Waals surface area contributed by atoms with Crippen molar-refractivity contribution in [2.75, 3.05) is 13.7 Å². The molecule has 0 radical (unpaired) electrons. The molecule has 5 heteroatoms. The number of benzene rings is 1. The summed E-state index contributed by atoms with van der Waals surface area (Å²) in [5, 5.41) is 0. The monoisotopic (exact) mass is 408 g/mol. The van der Waals surface area contributed by atoms with E-state index < -0.39 is 8.32 Å². The minimum absolute atomic E-state index is 0.000883. The molecule has 1 rings (SSSR count). The zero-order chi connectivity index (χ0) is 21.2. The fourth-order valence-corrected chi connectivity index (χ4v) is 9.96. The van der Waals surface area contributed by atoms with Crippen LogP contribution in [0.4, 0.5) is 0 Å². The Balaban J connectivity index is 2.55. The molecule has 0 aliphatic carbocycles. The van der Waals surface area contributed by atoms with Crippen molar-refractivity contribution < 1.29 is 18.7 Å². The lowest BCUT2D eigenvalue weighted by atomic mass is 10.1. The second-order valence-corrected chi connectivity index (χ2v) is 13.9. The molecule has 160 valence electrons. The van der Waals surface area contributed by atoms with Crippen molar-refractivity contribution in [3.8, 4) is 5.75 Å². The SMILES string of the molecule is COc1ccc(COCCC[C@@H](CC=O)O[Si](C(C)C)(C(C)C)C(C)C)cc1. The summed E-state index contributed by atoms with van der Waals surface area (Å²) in [5.41, 5.74) is 2.70. The fourth-order valence-electron chi connectivity index (χ4n) is 4.35. The van der Waals surface area contributed by atoms with E-state index >= 15 is 0 Å². The number of methoxy groups -OCH3 is 1. The molecular weight excluding hydrogens is 368 g/mol. The van der Waals surface area contributed by atoms with E-state index in [0.29, 0.717) is 36.3 Å². The van der Waals surface area contributed by atoms with Crippen molar-refractivity contribution in [3.05, 3.63) is 29.8 Å². The van der Waals surface area contributed by atoms with Gasteiger partial charge in [-0.2, -0.15) is 0 Å². The van der Waals surface area contributed by atoms with Gasteiger partial charge < -0.3 is 18.7 Å². The Kier molecular flexibility index (Phi) is 11.0. The summed E-state index contributed by atoms with van der Waals surface area (Å²) in [6, 6.07) is 7.93. The maximum atomic E-state index is 11.2. The molecular formula is C23H40O4Si. The third-order valence-electron chi connectivity index (χ3n) is 5.68. The van der Waals surface area contributed by atoms with Crippen molar-refractivity contribution in [1.29, 1.82) is 0 Å². The van der Waals surface area contributed by atoms with Gasteiger partial charge in [0.2, 0.25) is 8.32 Å². The summed E-state index contributed by atoms with van der Waals surface area (Å²) in [7, 11) is -0.304. The Labute approximate surface area is 173 Å². The van der Waals surface area contributed by atoms with Crippen LogP contribution in [-0.4, -0.2) is 34.4 Å². The second kappa shape index (κ2) is 12.4. The number of rotatable bonds is 14. The minimum Gasteiger partial charge on any atom is -0.497 e. The summed E-state index contributed by atoms with van der Waals surface area (Å²) in [6.07, 6.45) is 3.24. The summed E-state index contributed by atoms with van der Waals surface area (Å²) < 4.78 is 17.8. The second-order valence-electron chi connectivity index (χ2n) is 8.50. The van der Waals surface area contributed by atoms with E-state index in [1.807, 2.05) is 24.3 Å². The van der Waals surface area contributed by atoms with Gasteiger partial charge in [-0.3, -0.25) is 0 Å². The topological polar surface area (TPSA) is 44.8 Å². The quantitative estimate of drug-likeness (QED) is 0.211. The van der Waals surface area contributed by atoms with Crippen LogP contribution in [0.3, 0.4) is 0 Å². The molecule has 0 amide bonds. The van der Waals surface area contributed by atoms with Gasteiger partial charge in [0.1, 0.15) is 12.0 Å². The molecule has 28 heavy (non-hydrogen) atoms. The van der Waals surface area contributed by atoms with Gasteiger partial charge in [-0.05, 0) is 47.2 Å². The number of carbonyl (C=O) groups is 1. The summed E-state index contributed by atoms with van der Waals surface area (Å²) in [5.74, 6) is 0.853. The van der Waals surface area contributed by atoms with Gasteiger partial charge in [-0.15, -0.1) is 0 Å². The Bertz CT molecular complexity index is 532. The standard InChI is InChI=1S/C23H40O4Si/c1-18(2)28(19(3)4,20(5)6)27-23(14-15-24)9-8-16-26-17-21-10-12-22(25-7)13-11-21/h10-13,15,18-20,23H,8-9,14,16-17H2,1-7H3/t23-/m0/s1. The molecule has 0 spiro atoms. The average molecular weight is 409 g/mol. The third-order valence-corrected chi connectivity index (χ3v) is 11.8. The fraction of sp³-hybridized carbons (Fsp3) is 0.696. The molecule has 0 aliphatic rings. The highest BCUT2D eigenvalue weighted by molar-refractivity contribution is 6.77. The number of aldehydes is 1. The summed E-state index contributed by atoms with van der Waals surface area (Å²) >= 11 is 0. The Morgan fingerprint density at radius 1 is 0.964 bits per heavy atom. The average Bonchev–Trinajstić information content (AvgIpc) is 2.65. The first kappa shape index (κ1) is 24.9. The lowest BCUT2D eigenvalue weighted by molar-refractivity contribution is -0.109. The van der Waals surface area contributed by atoms with Crippen LogP contribution < -0.4 is 4.74 Å². The molecule has 0 fully saturated rings. The summed E-state index contributed by atoms with van der Waals surface area (Å²) in [4.78, 5) is 11.2. The first-order valence-electron chi connectivity index (χ1n) is 10.6. The third kappa shape index (κ3) is 7.01. The normalized spacial score (nSPS) is 13.4. The Morgan fingerprint density at radius 2 is 1.54 bits per heavy atom. The molecule has 1 atom stereocenters. The predicted octanol–water partition coefficient (Wildman–Crippen LogP) is 6.14. The largest absolute Gasteiger partial charge is 0.497 e. The Morgan fingerprint density at radius 3 is 2.00 bits per heavy atom. The molecule has 0 heterocycles. The molecule has 0 unspecified atom stereocenters. The van der Waals surface area contributed by atoms with E-state index in [1.54, 1.807) is 7.11 Å². The number of carbonyl (C=O) groups excluding carboxylic acids is 1. The minimum atomic E-state index is -1.97. The van der Waals surface area contributed by atoms with Crippen molar-refractivity contribution in [3.63, 3.8) is 0 Å². The van der Waals surface area contributed by atoms with E-state index in [4.69, 9.17) is 13.9 Å². The molecule has 0 aromatic heterocycles. The molecule has 1 aromatic carbocycles. The first-order valence-corrected chi connectivity index (χ1v) is 12.7. The van der Waals surface area contributed by atoms with Crippen LogP contribution in [0.25, 0.3) is 0 Å². The molecule has 0 saturated heterocycles. The van der Waals surface area contributed by atoms with Gasteiger partial charge in [0.15, 0.2) is 0 Å². The molecule has 1 aromatic rings. The van der Waals surface area contributed by atoms with Crippen LogP contribution in [0.5, 0.6) is 5.75 Å². The number of hydrogen-bond donors (Lipinski definition) is 0. The van der Waals surface area contributed by atoms with Crippen LogP contribution in [0.2, 0.25) is 16.6 Å². The smallest absolute Gasteiger partial charge is 0.200 e. The zero-order valence-corrected chi connectivity index (χ0v) is 19.9. The van der Waals surface area contributed by atoms with Crippen LogP contribution in [-0.2, 0) is 20.6 Å².